The van der Waals surface area contributed by atoms with Crippen LogP contribution in [0.5, 0.6) is 0 Å². The van der Waals surface area contributed by atoms with E-state index in [0.29, 0.717) is 17.2 Å². The summed E-state index contributed by atoms with van der Waals surface area (Å²) in [5.41, 5.74) is 0. The highest BCUT2D eigenvalue weighted by Gasteiger charge is 2.36. The highest BCUT2D eigenvalue weighted by atomic mass is 28.4. The van der Waals surface area contributed by atoms with E-state index >= 15 is 0 Å². The van der Waals surface area contributed by atoms with Crippen LogP contribution in [0.1, 0.15) is 60.3 Å². The summed E-state index contributed by atoms with van der Waals surface area (Å²) in [6, 6.07) is 0. The predicted octanol–water partition coefficient (Wildman–Crippen LogP) is 4.79. The lowest BCUT2D eigenvalue weighted by atomic mass is 9.98. The van der Waals surface area contributed by atoms with Crippen molar-refractivity contribution in [1.29, 1.82) is 0 Å². The minimum atomic E-state index is -1.58. The molecule has 0 fully saturated rings. The van der Waals surface area contributed by atoms with Gasteiger partial charge in [0.2, 0.25) is 0 Å². The fourth-order valence-electron chi connectivity index (χ4n) is 1.61. The van der Waals surface area contributed by atoms with Crippen LogP contribution in [0.3, 0.4) is 0 Å². The average molecular weight is 273 g/mol. The quantitative estimate of drug-likeness (QED) is 0.469. The van der Waals surface area contributed by atoms with Gasteiger partial charge in [0.05, 0.1) is 0 Å². The van der Waals surface area contributed by atoms with Crippen molar-refractivity contribution in [3.05, 3.63) is 0 Å². The van der Waals surface area contributed by atoms with Crippen molar-refractivity contribution >= 4 is 14.1 Å². The van der Waals surface area contributed by atoms with Gasteiger partial charge < -0.3 is 4.43 Å². The molecule has 0 radical (unpaired) electrons. The molecule has 0 amide bonds. The first-order valence-corrected chi connectivity index (χ1v) is 10.2. The Morgan fingerprint density at radius 3 is 2.22 bits per heavy atom. The number of hydrogen-bond acceptors (Lipinski definition) is 2. The van der Waals surface area contributed by atoms with Crippen LogP contribution in [0.4, 0.5) is 0 Å². The van der Waals surface area contributed by atoms with Gasteiger partial charge in [-0.15, -0.1) is 0 Å². The van der Waals surface area contributed by atoms with E-state index in [-0.39, 0.29) is 5.92 Å². The van der Waals surface area contributed by atoms with Crippen LogP contribution < -0.4 is 0 Å². The van der Waals surface area contributed by atoms with Gasteiger partial charge in [-0.05, 0) is 31.0 Å². The van der Waals surface area contributed by atoms with E-state index in [1.54, 1.807) is 0 Å². The number of unbranched alkanes of at least 4 members (excludes halogenated alkanes) is 1. The largest absolute Gasteiger partial charge is 0.417 e. The first-order valence-electron chi connectivity index (χ1n) is 7.28. The maximum absolute atomic E-state index is 11.4. The average Bonchev–Trinajstić information content (AvgIpc) is 2.25. The lowest BCUT2D eigenvalue weighted by Crippen LogP contribution is -2.40. The second kappa shape index (κ2) is 7.44. The van der Waals surface area contributed by atoms with E-state index in [9.17, 15) is 4.79 Å². The highest BCUT2D eigenvalue weighted by Crippen LogP contribution is 2.36. The molecule has 3 heteroatoms. The van der Waals surface area contributed by atoms with E-state index in [1.165, 1.54) is 0 Å². The van der Waals surface area contributed by atoms with Gasteiger partial charge in [-0.3, -0.25) is 4.79 Å². The molecule has 18 heavy (non-hydrogen) atoms. The number of carbonyl (C=O) groups is 1. The van der Waals surface area contributed by atoms with Gasteiger partial charge in [-0.25, -0.2) is 0 Å². The molecule has 0 aromatic rings. The zero-order valence-corrected chi connectivity index (χ0v) is 14.4. The fourth-order valence-corrected chi connectivity index (χ4v) is 2.69. The summed E-state index contributed by atoms with van der Waals surface area (Å²) in [5.74, 6) is 0.614. The van der Waals surface area contributed by atoms with E-state index in [1.807, 2.05) is 13.8 Å². The summed E-state index contributed by atoms with van der Waals surface area (Å²) in [7, 11) is -1.58. The van der Waals surface area contributed by atoms with Gasteiger partial charge in [0.15, 0.2) is 8.32 Å². The zero-order valence-electron chi connectivity index (χ0n) is 13.4. The van der Waals surface area contributed by atoms with Crippen LogP contribution in [0, 0.1) is 5.92 Å². The Hall–Kier alpha value is -0.153. The minimum absolute atomic E-state index is 0.225. The lowest BCUT2D eigenvalue weighted by molar-refractivity contribution is -0.122. The second-order valence-corrected chi connectivity index (χ2v) is 11.6. The third kappa shape index (κ3) is 6.14. The molecule has 2 nitrogen and oxygen atoms in total. The maximum atomic E-state index is 11.4. The molecule has 0 spiro atoms. The number of rotatable bonds is 8. The van der Waals surface area contributed by atoms with Gasteiger partial charge >= 0.3 is 0 Å². The minimum Gasteiger partial charge on any atom is -0.417 e. The van der Waals surface area contributed by atoms with E-state index in [4.69, 9.17) is 4.43 Å². The van der Waals surface area contributed by atoms with E-state index in [2.05, 4.69) is 33.9 Å². The van der Waals surface area contributed by atoms with Gasteiger partial charge in [0, 0.05) is 18.9 Å². The summed E-state index contributed by atoms with van der Waals surface area (Å²) in [6.07, 6.45) is 3.85. The molecule has 1 atom stereocenters. The molecular formula is C15H32O2Si. The van der Waals surface area contributed by atoms with Crippen molar-refractivity contribution in [3.63, 3.8) is 0 Å². The molecule has 0 aromatic heterocycles. The maximum Gasteiger partial charge on any atom is 0.191 e. The monoisotopic (exact) mass is 272 g/mol. The smallest absolute Gasteiger partial charge is 0.191 e. The molecule has 0 aromatic carbocycles. The van der Waals surface area contributed by atoms with E-state index in [0.717, 1.165) is 25.9 Å². The molecule has 0 aliphatic carbocycles. The van der Waals surface area contributed by atoms with Gasteiger partial charge in [-0.1, -0.05) is 41.0 Å². The molecule has 0 bridgehead atoms. The Morgan fingerprint density at radius 1 is 1.22 bits per heavy atom. The second-order valence-electron chi connectivity index (χ2n) is 6.83. The number of ketones is 1. The molecule has 0 N–H and O–H groups in total. The SMILES string of the molecule is CCC(=O)C(C)CCCCO[Si](C)(C)C(C)(C)C. The fraction of sp³-hybridized carbons (Fsp3) is 0.933. The summed E-state index contributed by atoms with van der Waals surface area (Å²) in [4.78, 5) is 11.4. The van der Waals surface area contributed by atoms with Crippen LogP contribution in [0.25, 0.3) is 0 Å². The molecular weight excluding hydrogens is 240 g/mol. The Morgan fingerprint density at radius 2 is 1.78 bits per heavy atom. The normalized spacial score (nSPS) is 14.6. The van der Waals surface area contributed by atoms with Crippen molar-refractivity contribution in [2.45, 2.75) is 78.4 Å². The summed E-state index contributed by atoms with van der Waals surface area (Å²) in [5, 5.41) is 0.290. The molecule has 108 valence electrons. The van der Waals surface area contributed by atoms with Crippen LogP contribution in [0.2, 0.25) is 18.1 Å². The molecule has 0 saturated heterocycles. The first kappa shape index (κ1) is 17.8. The van der Waals surface area contributed by atoms with Crippen LogP contribution >= 0.6 is 0 Å². The topological polar surface area (TPSA) is 26.3 Å². The van der Waals surface area contributed by atoms with Crippen molar-refractivity contribution in [3.8, 4) is 0 Å². The molecule has 1 unspecified atom stereocenters. The highest BCUT2D eigenvalue weighted by molar-refractivity contribution is 6.74. The van der Waals surface area contributed by atoms with Crippen LogP contribution in [0.15, 0.2) is 0 Å². The van der Waals surface area contributed by atoms with Gasteiger partial charge in [0.25, 0.3) is 0 Å². The Balaban J connectivity index is 3.79. The number of hydrogen-bond donors (Lipinski definition) is 0. The van der Waals surface area contributed by atoms with Crippen molar-refractivity contribution in [2.24, 2.45) is 5.92 Å². The lowest BCUT2D eigenvalue weighted by Gasteiger charge is -2.36. The van der Waals surface area contributed by atoms with Crippen LogP contribution in [-0.2, 0) is 9.22 Å². The van der Waals surface area contributed by atoms with Crippen molar-refractivity contribution < 1.29 is 9.22 Å². The Bertz CT molecular complexity index is 254. The number of carbonyl (C=O) groups excluding carboxylic acids is 1. The Kier molecular flexibility index (Phi) is 7.38. The molecule has 0 rings (SSSR count). The molecule has 0 saturated carbocycles. The molecule has 0 aliphatic heterocycles. The first-order chi connectivity index (χ1) is 8.12. The third-order valence-electron chi connectivity index (χ3n) is 4.20. The van der Waals surface area contributed by atoms with E-state index < -0.39 is 8.32 Å². The molecule has 0 heterocycles. The third-order valence-corrected chi connectivity index (χ3v) is 8.74. The zero-order chi connectivity index (χ0) is 14.4. The van der Waals surface area contributed by atoms with Crippen LogP contribution in [-0.4, -0.2) is 20.7 Å². The van der Waals surface area contributed by atoms with Gasteiger partial charge in [-0.2, -0.15) is 0 Å². The predicted molar refractivity (Wildman–Crippen MR) is 81.5 cm³/mol. The number of Topliss-reactive ketones (excluding diaryl/α,β-unsaturated/α-hetero) is 1. The Labute approximate surface area is 115 Å². The summed E-state index contributed by atoms with van der Waals surface area (Å²) >= 11 is 0. The summed E-state index contributed by atoms with van der Waals surface area (Å²) < 4.78 is 6.12. The standard InChI is InChI=1S/C15H32O2Si/c1-8-14(16)13(2)11-9-10-12-17-18(6,7)15(3,4)5/h13H,8-12H2,1-7H3. The molecule has 0 aliphatic rings. The van der Waals surface area contributed by atoms with Gasteiger partial charge in [0.1, 0.15) is 5.78 Å². The summed E-state index contributed by atoms with van der Waals surface area (Å²) in [6.45, 7) is 16.2. The van der Waals surface area contributed by atoms with Crippen molar-refractivity contribution in [1.82, 2.24) is 0 Å². The van der Waals surface area contributed by atoms with Crippen molar-refractivity contribution in [2.75, 3.05) is 6.61 Å².